The quantitative estimate of drug-likeness (QED) is 0.836. The number of amides is 1. The normalized spacial score (nSPS) is 22.9. The number of benzene rings is 1. The average molecular weight is 294 g/mol. The van der Waals surface area contributed by atoms with Crippen molar-refractivity contribution in [2.45, 2.75) is 25.3 Å². The SMILES string of the molecule is Nc1ccc(C(=O)NCC2CCN(C3CC3)C2)c(Cl)c1. The van der Waals surface area contributed by atoms with Gasteiger partial charge in [-0.15, -0.1) is 0 Å². The standard InChI is InChI=1S/C15H20ClN3O/c16-14-7-11(17)1-4-13(14)15(20)18-8-10-5-6-19(9-10)12-2-3-12/h1,4,7,10,12H,2-3,5-6,8-9,17H2,(H,18,20). The van der Waals surface area contributed by atoms with E-state index in [1.165, 1.54) is 25.8 Å². The molecule has 3 N–H and O–H groups in total. The molecule has 2 fully saturated rings. The maximum absolute atomic E-state index is 12.1. The summed E-state index contributed by atoms with van der Waals surface area (Å²) >= 11 is 6.04. The second-order valence-electron chi connectivity index (χ2n) is 5.83. The van der Waals surface area contributed by atoms with Crippen molar-refractivity contribution in [3.63, 3.8) is 0 Å². The molecule has 1 amide bonds. The molecule has 4 nitrogen and oxygen atoms in total. The Morgan fingerprint density at radius 1 is 1.40 bits per heavy atom. The molecule has 0 bridgehead atoms. The molecule has 1 unspecified atom stereocenters. The minimum atomic E-state index is -0.111. The number of nitrogens with zero attached hydrogens (tertiary/aromatic N) is 1. The number of nitrogens with two attached hydrogens (primary N) is 1. The van der Waals surface area contributed by atoms with Crippen LogP contribution in [0.3, 0.4) is 0 Å². The van der Waals surface area contributed by atoms with Crippen molar-refractivity contribution in [1.82, 2.24) is 10.2 Å². The van der Waals surface area contributed by atoms with Gasteiger partial charge in [-0.2, -0.15) is 0 Å². The van der Waals surface area contributed by atoms with Gasteiger partial charge < -0.3 is 16.0 Å². The zero-order valence-electron chi connectivity index (χ0n) is 11.4. The Hall–Kier alpha value is -1.26. The van der Waals surface area contributed by atoms with Crippen LogP contribution in [0.1, 0.15) is 29.6 Å². The van der Waals surface area contributed by atoms with Crippen molar-refractivity contribution in [1.29, 1.82) is 0 Å². The second-order valence-corrected chi connectivity index (χ2v) is 6.24. The molecule has 1 heterocycles. The van der Waals surface area contributed by atoms with Gasteiger partial charge in [0.2, 0.25) is 0 Å². The van der Waals surface area contributed by atoms with Gasteiger partial charge in [0, 0.05) is 24.8 Å². The van der Waals surface area contributed by atoms with Gasteiger partial charge in [0.15, 0.2) is 0 Å². The summed E-state index contributed by atoms with van der Waals surface area (Å²) in [6, 6.07) is 5.81. The van der Waals surface area contributed by atoms with E-state index in [0.717, 1.165) is 19.1 Å². The minimum absolute atomic E-state index is 0.111. The van der Waals surface area contributed by atoms with Crippen LogP contribution in [0.25, 0.3) is 0 Å². The first-order chi connectivity index (χ1) is 9.63. The number of nitrogen functional groups attached to an aromatic ring is 1. The Labute approximate surface area is 124 Å². The van der Waals surface area contributed by atoms with E-state index in [1.807, 2.05) is 0 Å². The van der Waals surface area contributed by atoms with Crippen LogP contribution in [0.15, 0.2) is 18.2 Å². The third-order valence-corrected chi connectivity index (χ3v) is 4.48. The number of carbonyl (C=O) groups excluding carboxylic acids is 1. The maximum atomic E-state index is 12.1. The lowest BCUT2D eigenvalue weighted by Gasteiger charge is -2.15. The fourth-order valence-electron chi connectivity index (χ4n) is 2.85. The lowest BCUT2D eigenvalue weighted by molar-refractivity contribution is 0.0947. The van der Waals surface area contributed by atoms with Crippen LogP contribution in [0.4, 0.5) is 5.69 Å². The van der Waals surface area contributed by atoms with Crippen molar-refractivity contribution in [2.24, 2.45) is 5.92 Å². The Kier molecular flexibility index (Phi) is 3.85. The van der Waals surface area contributed by atoms with Crippen molar-refractivity contribution in [2.75, 3.05) is 25.4 Å². The number of hydrogen-bond donors (Lipinski definition) is 2. The van der Waals surface area contributed by atoms with Gasteiger partial charge in [-0.05, 0) is 49.9 Å². The molecule has 0 aromatic heterocycles. The fraction of sp³-hybridized carbons (Fsp3) is 0.533. The maximum Gasteiger partial charge on any atom is 0.252 e. The highest BCUT2D eigenvalue weighted by atomic mass is 35.5. The zero-order chi connectivity index (χ0) is 14.1. The van der Waals surface area contributed by atoms with Gasteiger partial charge in [0.25, 0.3) is 5.91 Å². The molecule has 1 aliphatic heterocycles. The summed E-state index contributed by atoms with van der Waals surface area (Å²) in [5.74, 6) is 0.451. The van der Waals surface area contributed by atoms with E-state index in [9.17, 15) is 4.79 Å². The smallest absolute Gasteiger partial charge is 0.252 e. The van der Waals surface area contributed by atoms with Crippen molar-refractivity contribution in [3.05, 3.63) is 28.8 Å². The van der Waals surface area contributed by atoms with Crippen molar-refractivity contribution >= 4 is 23.2 Å². The molecule has 1 saturated heterocycles. The molecule has 1 aliphatic carbocycles. The van der Waals surface area contributed by atoms with E-state index in [1.54, 1.807) is 18.2 Å². The summed E-state index contributed by atoms with van der Waals surface area (Å²) in [6.07, 6.45) is 3.87. The molecular weight excluding hydrogens is 274 g/mol. The van der Waals surface area contributed by atoms with E-state index in [0.29, 0.717) is 22.2 Å². The van der Waals surface area contributed by atoms with Crippen LogP contribution in [-0.4, -0.2) is 36.5 Å². The Balaban J connectivity index is 1.51. The molecule has 2 aliphatic rings. The van der Waals surface area contributed by atoms with Crippen molar-refractivity contribution in [3.8, 4) is 0 Å². The molecular formula is C15H20ClN3O. The van der Waals surface area contributed by atoms with Crippen LogP contribution < -0.4 is 11.1 Å². The summed E-state index contributed by atoms with van der Waals surface area (Å²) in [5.41, 5.74) is 6.70. The Bertz CT molecular complexity index is 516. The Morgan fingerprint density at radius 2 is 2.20 bits per heavy atom. The Morgan fingerprint density at radius 3 is 2.90 bits per heavy atom. The lowest BCUT2D eigenvalue weighted by Crippen LogP contribution is -2.31. The number of hydrogen-bond acceptors (Lipinski definition) is 3. The summed E-state index contributed by atoms with van der Waals surface area (Å²) in [4.78, 5) is 14.7. The molecule has 0 spiro atoms. The molecule has 5 heteroatoms. The summed E-state index contributed by atoms with van der Waals surface area (Å²) in [5, 5.41) is 3.40. The van der Waals surface area contributed by atoms with Gasteiger partial charge in [0.1, 0.15) is 0 Å². The predicted molar refractivity (Wildman–Crippen MR) is 80.9 cm³/mol. The number of likely N-dealkylation sites (tertiary alicyclic amines) is 1. The van der Waals surface area contributed by atoms with Crippen LogP contribution in [-0.2, 0) is 0 Å². The third-order valence-electron chi connectivity index (χ3n) is 4.17. The first-order valence-corrected chi connectivity index (χ1v) is 7.58. The number of anilines is 1. The summed E-state index contributed by atoms with van der Waals surface area (Å²) < 4.78 is 0. The fourth-order valence-corrected chi connectivity index (χ4v) is 3.12. The molecule has 0 radical (unpaired) electrons. The van der Waals surface area contributed by atoms with Gasteiger partial charge in [-0.1, -0.05) is 11.6 Å². The zero-order valence-corrected chi connectivity index (χ0v) is 12.2. The highest BCUT2D eigenvalue weighted by molar-refractivity contribution is 6.34. The monoisotopic (exact) mass is 293 g/mol. The van der Waals surface area contributed by atoms with E-state index >= 15 is 0 Å². The highest BCUT2D eigenvalue weighted by Crippen LogP contribution is 2.31. The highest BCUT2D eigenvalue weighted by Gasteiger charge is 2.34. The van der Waals surface area contributed by atoms with Gasteiger partial charge in [-0.25, -0.2) is 0 Å². The largest absolute Gasteiger partial charge is 0.399 e. The number of carbonyl (C=O) groups is 1. The van der Waals surface area contributed by atoms with E-state index in [-0.39, 0.29) is 5.91 Å². The van der Waals surface area contributed by atoms with Crippen LogP contribution >= 0.6 is 11.6 Å². The molecule has 1 saturated carbocycles. The lowest BCUT2D eigenvalue weighted by atomic mass is 10.1. The van der Waals surface area contributed by atoms with Gasteiger partial charge >= 0.3 is 0 Å². The molecule has 3 rings (SSSR count). The first-order valence-electron chi connectivity index (χ1n) is 7.21. The molecule has 108 valence electrons. The topological polar surface area (TPSA) is 58.4 Å². The van der Waals surface area contributed by atoms with Crippen LogP contribution in [0.2, 0.25) is 5.02 Å². The van der Waals surface area contributed by atoms with Crippen LogP contribution in [0, 0.1) is 5.92 Å². The predicted octanol–water partition coefficient (Wildman–Crippen LogP) is 2.14. The summed E-state index contributed by atoms with van der Waals surface area (Å²) in [7, 11) is 0. The van der Waals surface area contributed by atoms with Gasteiger partial charge in [0.05, 0.1) is 10.6 Å². The molecule has 1 aromatic carbocycles. The van der Waals surface area contributed by atoms with Crippen LogP contribution in [0.5, 0.6) is 0 Å². The number of nitrogens with one attached hydrogen (secondary N) is 1. The number of halogens is 1. The van der Waals surface area contributed by atoms with Crippen molar-refractivity contribution < 1.29 is 4.79 Å². The van der Waals surface area contributed by atoms with E-state index in [2.05, 4.69) is 10.2 Å². The molecule has 20 heavy (non-hydrogen) atoms. The average Bonchev–Trinajstić information content (AvgIpc) is 3.15. The first kappa shape index (κ1) is 13.7. The second kappa shape index (κ2) is 5.62. The van der Waals surface area contributed by atoms with Gasteiger partial charge in [-0.3, -0.25) is 4.79 Å². The third kappa shape index (κ3) is 3.07. The molecule has 1 atom stereocenters. The number of rotatable bonds is 4. The molecule has 1 aromatic rings. The van der Waals surface area contributed by atoms with E-state index < -0.39 is 0 Å². The minimum Gasteiger partial charge on any atom is -0.399 e. The summed E-state index contributed by atoms with van der Waals surface area (Å²) in [6.45, 7) is 3.01. The van der Waals surface area contributed by atoms with E-state index in [4.69, 9.17) is 17.3 Å².